The smallest absolute Gasteiger partial charge is 0.271 e. The van der Waals surface area contributed by atoms with Crippen LogP contribution in [0.2, 0.25) is 0 Å². The zero-order chi connectivity index (χ0) is 23.4. The van der Waals surface area contributed by atoms with Gasteiger partial charge in [-0.05, 0) is 19.9 Å². The van der Waals surface area contributed by atoms with Gasteiger partial charge in [0.2, 0.25) is 17.6 Å². The van der Waals surface area contributed by atoms with E-state index in [1.54, 1.807) is 12.1 Å². The number of nitro groups is 1. The van der Waals surface area contributed by atoms with Gasteiger partial charge in [-0.15, -0.1) is 0 Å². The van der Waals surface area contributed by atoms with Gasteiger partial charge in [-0.25, -0.2) is 0 Å². The summed E-state index contributed by atoms with van der Waals surface area (Å²) in [5, 5.41) is 17.8. The van der Waals surface area contributed by atoms with Gasteiger partial charge in [0.25, 0.3) is 5.69 Å². The van der Waals surface area contributed by atoms with E-state index in [-0.39, 0.29) is 23.7 Å². The van der Waals surface area contributed by atoms with Crippen molar-refractivity contribution in [1.82, 2.24) is 19.9 Å². The number of carbonyl (C=O) groups excluding carboxylic acids is 1. The Bertz CT molecular complexity index is 1110. The third kappa shape index (κ3) is 5.24. The highest BCUT2D eigenvalue weighted by Crippen LogP contribution is 2.24. The van der Waals surface area contributed by atoms with Crippen molar-refractivity contribution in [3.05, 3.63) is 70.6 Å². The Labute approximate surface area is 191 Å². The van der Waals surface area contributed by atoms with Crippen LogP contribution in [-0.4, -0.2) is 63.0 Å². The third-order valence-corrected chi connectivity index (χ3v) is 5.98. The Balaban J connectivity index is 1.32. The van der Waals surface area contributed by atoms with Crippen molar-refractivity contribution in [3.63, 3.8) is 0 Å². The molecule has 2 heterocycles. The third-order valence-electron chi connectivity index (χ3n) is 5.98. The van der Waals surface area contributed by atoms with Crippen LogP contribution >= 0.6 is 0 Å². The molecule has 1 N–H and O–H groups in total. The Morgan fingerprint density at radius 3 is 2.45 bits per heavy atom. The quantitative estimate of drug-likeness (QED) is 0.430. The normalized spacial score (nSPS) is 16.8. The molecule has 2 atom stereocenters. The molecule has 1 aliphatic rings. The molecule has 1 saturated heterocycles. The lowest BCUT2D eigenvalue weighted by Gasteiger charge is -2.39. The molecule has 0 bridgehead atoms. The number of non-ortho nitro benzene ring substituents is 1. The number of nitro benzene ring substituents is 1. The summed E-state index contributed by atoms with van der Waals surface area (Å²) in [6, 6.07) is 15.2. The minimum Gasteiger partial charge on any atom is -0.337 e. The zero-order valence-electron chi connectivity index (χ0n) is 18.5. The van der Waals surface area contributed by atoms with Crippen LogP contribution in [0.15, 0.2) is 59.1 Å². The predicted octanol–water partition coefficient (Wildman–Crippen LogP) is 3.35. The van der Waals surface area contributed by atoms with E-state index in [4.69, 9.17) is 4.52 Å². The summed E-state index contributed by atoms with van der Waals surface area (Å²) >= 11 is 0. The molecule has 0 spiro atoms. The maximum absolute atomic E-state index is 12.7. The average Bonchev–Trinajstić information content (AvgIpc) is 3.34. The van der Waals surface area contributed by atoms with E-state index in [0.29, 0.717) is 30.5 Å². The van der Waals surface area contributed by atoms with Crippen LogP contribution in [-0.2, 0) is 4.79 Å². The summed E-state index contributed by atoms with van der Waals surface area (Å²) in [4.78, 5) is 32.1. The van der Waals surface area contributed by atoms with Gasteiger partial charge < -0.3 is 9.84 Å². The monoisotopic (exact) mass is 450 g/mol. The zero-order valence-corrected chi connectivity index (χ0v) is 18.5. The number of anilines is 1. The second-order valence-electron chi connectivity index (χ2n) is 8.04. The van der Waals surface area contributed by atoms with Crippen LogP contribution < -0.4 is 5.32 Å². The lowest BCUT2D eigenvalue weighted by molar-refractivity contribution is -0.384. The fraction of sp³-hybridized carbons (Fsp3) is 0.348. The number of amides is 1. The van der Waals surface area contributed by atoms with E-state index in [1.165, 1.54) is 12.1 Å². The summed E-state index contributed by atoms with van der Waals surface area (Å²) in [7, 11) is 0. The highest BCUT2D eigenvalue weighted by atomic mass is 16.6. The molecule has 33 heavy (non-hydrogen) atoms. The predicted molar refractivity (Wildman–Crippen MR) is 122 cm³/mol. The summed E-state index contributed by atoms with van der Waals surface area (Å²) in [6.45, 7) is 6.78. The molecule has 0 aliphatic carbocycles. The SMILES string of the molecule is CC(C(=O)Nc1cccc([N+](=O)[O-])c1)N1CCN(C(C)c2nc(-c3ccccc3)no2)CC1. The van der Waals surface area contributed by atoms with Gasteiger partial charge in [-0.2, -0.15) is 4.98 Å². The largest absolute Gasteiger partial charge is 0.337 e. The van der Waals surface area contributed by atoms with Crippen LogP contribution in [0.4, 0.5) is 11.4 Å². The molecule has 10 nitrogen and oxygen atoms in total. The Kier molecular flexibility index (Phi) is 6.76. The van der Waals surface area contributed by atoms with Crippen LogP contribution in [0.1, 0.15) is 25.8 Å². The number of piperazine rings is 1. The minimum absolute atomic E-state index is 0.0360. The molecule has 3 aromatic rings. The first-order valence-corrected chi connectivity index (χ1v) is 10.8. The molecule has 0 saturated carbocycles. The second-order valence-corrected chi connectivity index (χ2v) is 8.04. The highest BCUT2D eigenvalue weighted by Gasteiger charge is 2.30. The van der Waals surface area contributed by atoms with E-state index in [2.05, 4.69) is 25.3 Å². The van der Waals surface area contributed by atoms with Crippen molar-refractivity contribution < 1.29 is 14.2 Å². The lowest BCUT2D eigenvalue weighted by Crippen LogP contribution is -2.53. The van der Waals surface area contributed by atoms with Crippen molar-refractivity contribution in [1.29, 1.82) is 0 Å². The number of benzene rings is 2. The standard InChI is InChI=1S/C23H26N6O4/c1-16(22(30)24-19-9-6-10-20(15-19)29(31)32)27-11-13-28(14-12-27)17(2)23-25-21(26-33-23)18-7-4-3-5-8-18/h3-10,15-17H,11-14H2,1-2H3,(H,24,30). The molecular formula is C23H26N6O4. The first kappa shape index (κ1) is 22.6. The summed E-state index contributed by atoms with van der Waals surface area (Å²) in [5.41, 5.74) is 1.27. The van der Waals surface area contributed by atoms with Crippen LogP contribution in [0.3, 0.4) is 0 Å². The first-order chi connectivity index (χ1) is 15.9. The first-order valence-electron chi connectivity index (χ1n) is 10.8. The van der Waals surface area contributed by atoms with Gasteiger partial charge >= 0.3 is 0 Å². The lowest BCUT2D eigenvalue weighted by atomic mass is 10.1. The molecule has 1 amide bonds. The summed E-state index contributed by atoms with van der Waals surface area (Å²) in [5.74, 6) is 0.947. The topological polar surface area (TPSA) is 118 Å². The molecule has 2 unspecified atom stereocenters. The molecule has 0 radical (unpaired) electrons. The molecule has 10 heteroatoms. The van der Waals surface area contributed by atoms with Crippen LogP contribution in [0, 0.1) is 10.1 Å². The van der Waals surface area contributed by atoms with Gasteiger partial charge in [0.1, 0.15) is 0 Å². The maximum atomic E-state index is 12.7. The average molecular weight is 450 g/mol. The van der Waals surface area contributed by atoms with Crippen molar-refractivity contribution >= 4 is 17.3 Å². The fourth-order valence-corrected chi connectivity index (χ4v) is 3.89. The molecule has 2 aromatic carbocycles. The summed E-state index contributed by atoms with van der Waals surface area (Å²) in [6.07, 6.45) is 0. The van der Waals surface area contributed by atoms with E-state index in [1.807, 2.05) is 44.2 Å². The van der Waals surface area contributed by atoms with Crippen molar-refractivity contribution in [3.8, 4) is 11.4 Å². The number of carbonyl (C=O) groups is 1. The molecule has 172 valence electrons. The van der Waals surface area contributed by atoms with Crippen molar-refractivity contribution in [2.75, 3.05) is 31.5 Å². The van der Waals surface area contributed by atoms with Gasteiger partial charge in [0, 0.05) is 49.6 Å². The van der Waals surface area contributed by atoms with Crippen molar-refractivity contribution in [2.24, 2.45) is 0 Å². The molecule has 4 rings (SSSR count). The van der Waals surface area contributed by atoms with E-state index in [0.717, 1.165) is 18.7 Å². The Hall–Kier alpha value is -3.63. The van der Waals surface area contributed by atoms with Crippen molar-refractivity contribution in [2.45, 2.75) is 25.9 Å². The van der Waals surface area contributed by atoms with E-state index >= 15 is 0 Å². The van der Waals surface area contributed by atoms with Crippen LogP contribution in [0.25, 0.3) is 11.4 Å². The highest BCUT2D eigenvalue weighted by molar-refractivity contribution is 5.94. The van der Waals surface area contributed by atoms with Gasteiger partial charge in [-0.3, -0.25) is 24.7 Å². The van der Waals surface area contributed by atoms with Gasteiger partial charge in [0.05, 0.1) is 17.0 Å². The molecule has 1 fully saturated rings. The Morgan fingerprint density at radius 1 is 1.06 bits per heavy atom. The van der Waals surface area contributed by atoms with E-state index in [9.17, 15) is 14.9 Å². The molecule has 1 aromatic heterocycles. The fourth-order valence-electron chi connectivity index (χ4n) is 3.89. The van der Waals surface area contributed by atoms with Crippen LogP contribution in [0.5, 0.6) is 0 Å². The van der Waals surface area contributed by atoms with E-state index < -0.39 is 4.92 Å². The Morgan fingerprint density at radius 2 is 1.76 bits per heavy atom. The number of nitrogens with one attached hydrogen (secondary N) is 1. The number of nitrogens with zero attached hydrogens (tertiary/aromatic N) is 5. The minimum atomic E-state index is -0.480. The number of aromatic nitrogens is 2. The number of hydrogen-bond acceptors (Lipinski definition) is 8. The molecule has 1 aliphatic heterocycles. The molecular weight excluding hydrogens is 424 g/mol. The van der Waals surface area contributed by atoms with Gasteiger partial charge in [-0.1, -0.05) is 41.6 Å². The summed E-state index contributed by atoms with van der Waals surface area (Å²) < 4.78 is 5.51. The van der Waals surface area contributed by atoms with Gasteiger partial charge in [0.15, 0.2) is 0 Å². The second kappa shape index (κ2) is 9.88. The number of hydrogen-bond donors (Lipinski definition) is 1. The number of rotatable bonds is 7. The maximum Gasteiger partial charge on any atom is 0.271 e.